The molecular formula is C20H27N5O3S2. The van der Waals surface area contributed by atoms with Gasteiger partial charge in [-0.3, -0.25) is 9.69 Å². The Morgan fingerprint density at radius 1 is 1.27 bits per heavy atom. The molecule has 30 heavy (non-hydrogen) atoms. The minimum Gasteiger partial charge on any atom is -0.347 e. The van der Waals surface area contributed by atoms with Crippen LogP contribution in [0.2, 0.25) is 0 Å². The van der Waals surface area contributed by atoms with E-state index >= 15 is 0 Å². The number of nitrogens with two attached hydrogens (primary N) is 1. The molecule has 2 aliphatic heterocycles. The number of primary sulfonamides is 1. The normalized spacial score (nSPS) is 20.3. The monoisotopic (exact) mass is 449 g/mol. The number of nitrogens with zero attached hydrogens (tertiary/aromatic N) is 4. The average molecular weight is 450 g/mol. The van der Waals surface area contributed by atoms with E-state index in [4.69, 9.17) is 5.14 Å². The second kappa shape index (κ2) is 8.26. The van der Waals surface area contributed by atoms with Crippen LogP contribution in [0.3, 0.4) is 0 Å². The maximum atomic E-state index is 13.2. The topological polar surface area (TPSA) is 99.8 Å². The van der Waals surface area contributed by atoms with Crippen molar-refractivity contribution in [3.8, 4) is 0 Å². The van der Waals surface area contributed by atoms with Crippen LogP contribution < -0.4 is 14.9 Å². The lowest BCUT2D eigenvalue weighted by Gasteiger charge is -2.27. The van der Waals surface area contributed by atoms with E-state index in [1.807, 2.05) is 13.8 Å². The summed E-state index contributed by atoms with van der Waals surface area (Å²) in [5.41, 5.74) is 2.68. The van der Waals surface area contributed by atoms with Gasteiger partial charge in [-0.05, 0) is 50.5 Å². The molecule has 10 heteroatoms. The van der Waals surface area contributed by atoms with Gasteiger partial charge < -0.3 is 9.80 Å². The fraction of sp³-hybridized carbons (Fsp3) is 0.500. The summed E-state index contributed by atoms with van der Waals surface area (Å²) in [7, 11) is -3.75. The van der Waals surface area contributed by atoms with E-state index in [9.17, 15) is 13.2 Å². The van der Waals surface area contributed by atoms with Crippen LogP contribution in [0, 0.1) is 6.92 Å². The Morgan fingerprint density at radius 2 is 2.07 bits per heavy atom. The number of hydrogen-bond acceptors (Lipinski definition) is 7. The molecule has 1 saturated heterocycles. The maximum absolute atomic E-state index is 13.2. The summed E-state index contributed by atoms with van der Waals surface area (Å²) < 4.78 is 23.3. The standard InChI is InChI=1S/C20H27N5O3S2/c1-14-13-29-20(22-14)24-7-3-6-23(8-9-24)12-19(26)25-15(2)10-16-11-17(30(21,27)28)4-5-18(16)25/h4-5,11,13,15H,3,6-10,12H2,1-2H3,(H2,21,27,28). The van der Waals surface area contributed by atoms with Crippen molar-refractivity contribution in [1.29, 1.82) is 0 Å². The Kier molecular flexibility index (Phi) is 5.84. The minimum atomic E-state index is -3.75. The molecule has 0 bridgehead atoms. The van der Waals surface area contributed by atoms with Gasteiger partial charge in [-0.15, -0.1) is 11.3 Å². The quantitative estimate of drug-likeness (QED) is 0.761. The smallest absolute Gasteiger partial charge is 0.241 e. The molecular weight excluding hydrogens is 422 g/mol. The Hall–Kier alpha value is -2.01. The molecule has 1 fully saturated rings. The summed E-state index contributed by atoms with van der Waals surface area (Å²) in [5.74, 6) is 0.0446. The van der Waals surface area contributed by atoms with E-state index in [2.05, 4.69) is 20.2 Å². The molecule has 0 saturated carbocycles. The second-order valence-corrected chi connectivity index (χ2v) is 10.4. The number of thiazole rings is 1. The molecule has 0 aliphatic carbocycles. The fourth-order valence-corrected chi connectivity index (χ4v) is 5.66. The van der Waals surface area contributed by atoms with Gasteiger partial charge in [0.1, 0.15) is 0 Å². The number of anilines is 2. The van der Waals surface area contributed by atoms with Crippen molar-refractivity contribution in [2.24, 2.45) is 5.14 Å². The van der Waals surface area contributed by atoms with E-state index < -0.39 is 10.0 Å². The highest BCUT2D eigenvalue weighted by Gasteiger charge is 2.32. The van der Waals surface area contributed by atoms with Gasteiger partial charge in [-0.2, -0.15) is 0 Å². The van der Waals surface area contributed by atoms with Gasteiger partial charge in [0.05, 0.1) is 17.1 Å². The number of hydrogen-bond donors (Lipinski definition) is 1. The predicted molar refractivity (Wildman–Crippen MR) is 119 cm³/mol. The lowest BCUT2D eigenvalue weighted by atomic mass is 10.1. The Bertz CT molecular complexity index is 1050. The van der Waals surface area contributed by atoms with Gasteiger partial charge in [0.2, 0.25) is 15.9 Å². The summed E-state index contributed by atoms with van der Waals surface area (Å²) in [6, 6.07) is 4.76. The molecule has 1 atom stereocenters. The third-order valence-corrected chi connectivity index (χ3v) is 7.62. The van der Waals surface area contributed by atoms with Gasteiger partial charge in [0.25, 0.3) is 0 Å². The highest BCUT2D eigenvalue weighted by atomic mass is 32.2. The van der Waals surface area contributed by atoms with Crippen molar-refractivity contribution in [3.05, 3.63) is 34.8 Å². The van der Waals surface area contributed by atoms with Crippen LogP contribution in [0.5, 0.6) is 0 Å². The zero-order valence-electron chi connectivity index (χ0n) is 17.2. The Morgan fingerprint density at radius 3 is 2.77 bits per heavy atom. The van der Waals surface area contributed by atoms with Crippen molar-refractivity contribution in [2.75, 3.05) is 42.5 Å². The maximum Gasteiger partial charge on any atom is 0.241 e. The molecule has 1 unspecified atom stereocenters. The van der Waals surface area contributed by atoms with E-state index in [1.165, 1.54) is 6.07 Å². The van der Waals surface area contributed by atoms with Crippen LogP contribution in [0.4, 0.5) is 10.8 Å². The molecule has 8 nitrogen and oxygen atoms in total. The second-order valence-electron chi connectivity index (χ2n) is 8.04. The van der Waals surface area contributed by atoms with Crippen LogP contribution in [0.25, 0.3) is 0 Å². The lowest BCUT2D eigenvalue weighted by molar-refractivity contribution is -0.120. The number of amides is 1. The van der Waals surface area contributed by atoms with Gasteiger partial charge in [0, 0.05) is 43.3 Å². The largest absolute Gasteiger partial charge is 0.347 e. The first-order valence-electron chi connectivity index (χ1n) is 10.1. The number of rotatable bonds is 4. The molecule has 1 aromatic carbocycles. The van der Waals surface area contributed by atoms with Crippen LogP contribution in [-0.4, -0.2) is 63.0 Å². The van der Waals surface area contributed by atoms with E-state index in [0.717, 1.165) is 54.7 Å². The molecule has 2 N–H and O–H groups in total. The molecule has 0 radical (unpaired) electrons. The first-order valence-corrected chi connectivity index (χ1v) is 12.5. The predicted octanol–water partition coefficient (Wildman–Crippen LogP) is 1.59. The Balaban J connectivity index is 1.43. The van der Waals surface area contributed by atoms with E-state index in [0.29, 0.717) is 13.0 Å². The number of fused-ring (bicyclic) bond motifs is 1. The zero-order chi connectivity index (χ0) is 21.5. The molecule has 3 heterocycles. The molecule has 1 amide bonds. The molecule has 162 valence electrons. The third kappa shape index (κ3) is 4.36. The summed E-state index contributed by atoms with van der Waals surface area (Å²) in [5, 5.41) is 8.36. The van der Waals surface area contributed by atoms with Crippen molar-refractivity contribution in [2.45, 2.75) is 37.6 Å². The number of carbonyl (C=O) groups excluding carboxylic acids is 1. The Labute approximate surface area is 181 Å². The molecule has 2 aliphatic rings. The van der Waals surface area contributed by atoms with Crippen LogP contribution >= 0.6 is 11.3 Å². The van der Waals surface area contributed by atoms with Gasteiger partial charge in [-0.1, -0.05) is 0 Å². The lowest BCUT2D eigenvalue weighted by Crippen LogP contribution is -2.44. The van der Waals surface area contributed by atoms with Crippen molar-refractivity contribution in [1.82, 2.24) is 9.88 Å². The molecule has 1 aromatic heterocycles. The SMILES string of the molecule is Cc1csc(N2CCCN(CC(=O)N3c4ccc(S(N)(=O)=O)cc4CC3C)CC2)n1. The third-order valence-electron chi connectivity index (χ3n) is 5.69. The van der Waals surface area contributed by atoms with Crippen molar-refractivity contribution < 1.29 is 13.2 Å². The van der Waals surface area contributed by atoms with E-state index in [-0.39, 0.29) is 16.8 Å². The van der Waals surface area contributed by atoms with E-state index in [1.54, 1.807) is 28.4 Å². The number of carbonyl (C=O) groups is 1. The first-order chi connectivity index (χ1) is 14.2. The number of aromatic nitrogens is 1. The molecule has 4 rings (SSSR count). The van der Waals surface area contributed by atoms with Crippen LogP contribution in [0.15, 0.2) is 28.5 Å². The molecule has 0 spiro atoms. The first kappa shape index (κ1) is 21.2. The molecule has 2 aromatic rings. The van der Waals surface area contributed by atoms with Gasteiger partial charge >= 0.3 is 0 Å². The van der Waals surface area contributed by atoms with Gasteiger partial charge in [-0.25, -0.2) is 18.5 Å². The highest BCUT2D eigenvalue weighted by Crippen LogP contribution is 2.34. The van der Waals surface area contributed by atoms with Crippen molar-refractivity contribution >= 4 is 38.1 Å². The summed E-state index contributed by atoms with van der Waals surface area (Å²) in [4.78, 5) is 24.1. The number of aryl methyl sites for hydroxylation is 1. The fourth-order valence-electron chi connectivity index (χ4n) is 4.24. The van der Waals surface area contributed by atoms with Crippen LogP contribution in [0.1, 0.15) is 24.6 Å². The summed E-state index contributed by atoms with van der Waals surface area (Å²) in [6.45, 7) is 7.82. The van der Waals surface area contributed by atoms with Crippen LogP contribution in [-0.2, 0) is 21.2 Å². The zero-order valence-corrected chi connectivity index (χ0v) is 18.9. The summed E-state index contributed by atoms with van der Waals surface area (Å²) >= 11 is 1.67. The highest BCUT2D eigenvalue weighted by molar-refractivity contribution is 7.89. The number of sulfonamides is 1. The van der Waals surface area contributed by atoms with Gasteiger partial charge in [0.15, 0.2) is 5.13 Å². The summed E-state index contributed by atoms with van der Waals surface area (Å²) in [6.07, 6.45) is 1.61. The minimum absolute atomic E-state index is 0.00926. The van der Waals surface area contributed by atoms with Crippen molar-refractivity contribution in [3.63, 3.8) is 0 Å². The average Bonchev–Trinajstić information content (AvgIpc) is 3.16. The number of benzene rings is 1.